The minimum atomic E-state index is -0.420. The number of hydrogen-bond acceptors (Lipinski definition) is 3. The molecule has 0 radical (unpaired) electrons. The van der Waals surface area contributed by atoms with E-state index in [0.29, 0.717) is 22.1 Å². The SMILES string of the molecule is COC(=O)c1c(-c2ccccc2)c(-c2ccccc2)c(C#N)c2ccccc12. The summed E-state index contributed by atoms with van der Waals surface area (Å²) in [6.45, 7) is 0. The Morgan fingerprint density at radius 1 is 0.750 bits per heavy atom. The molecule has 28 heavy (non-hydrogen) atoms. The van der Waals surface area contributed by atoms with Gasteiger partial charge in [0.05, 0.1) is 18.2 Å². The number of rotatable bonds is 3. The van der Waals surface area contributed by atoms with Crippen molar-refractivity contribution in [1.82, 2.24) is 0 Å². The maximum atomic E-state index is 12.9. The lowest BCUT2D eigenvalue weighted by atomic mass is 9.83. The Bertz CT molecular complexity index is 1210. The van der Waals surface area contributed by atoms with Crippen molar-refractivity contribution in [3.63, 3.8) is 0 Å². The van der Waals surface area contributed by atoms with Crippen LogP contribution in [0.3, 0.4) is 0 Å². The normalized spacial score (nSPS) is 10.4. The first-order valence-corrected chi connectivity index (χ1v) is 8.94. The predicted molar refractivity (Wildman–Crippen MR) is 111 cm³/mol. The molecular formula is C25H17NO2. The van der Waals surface area contributed by atoms with E-state index in [1.807, 2.05) is 84.9 Å². The molecule has 4 rings (SSSR count). The molecule has 0 amide bonds. The fraction of sp³-hybridized carbons (Fsp3) is 0.0400. The number of hydrogen-bond donors (Lipinski definition) is 0. The summed E-state index contributed by atoms with van der Waals surface area (Å²) in [4.78, 5) is 12.9. The Hall–Kier alpha value is -3.90. The second-order valence-electron chi connectivity index (χ2n) is 6.38. The summed E-state index contributed by atoms with van der Waals surface area (Å²) in [6, 6.07) is 29.2. The Morgan fingerprint density at radius 2 is 1.25 bits per heavy atom. The van der Waals surface area contributed by atoms with Gasteiger partial charge in [-0.25, -0.2) is 4.79 Å². The first kappa shape index (κ1) is 17.5. The average molecular weight is 363 g/mol. The van der Waals surface area contributed by atoms with Crippen LogP contribution in [0.25, 0.3) is 33.0 Å². The fourth-order valence-corrected chi connectivity index (χ4v) is 3.66. The summed E-state index contributed by atoms with van der Waals surface area (Å²) in [7, 11) is 1.38. The van der Waals surface area contributed by atoms with Crippen LogP contribution in [0.15, 0.2) is 84.9 Å². The molecule has 0 saturated carbocycles. The van der Waals surface area contributed by atoms with Crippen molar-refractivity contribution in [2.45, 2.75) is 0 Å². The number of esters is 1. The molecule has 4 aromatic carbocycles. The highest BCUT2D eigenvalue weighted by atomic mass is 16.5. The molecule has 3 nitrogen and oxygen atoms in total. The zero-order chi connectivity index (χ0) is 19.5. The quantitative estimate of drug-likeness (QED) is 0.430. The van der Waals surface area contributed by atoms with Crippen molar-refractivity contribution in [3.8, 4) is 28.3 Å². The van der Waals surface area contributed by atoms with Crippen LogP contribution < -0.4 is 0 Å². The van der Waals surface area contributed by atoms with Crippen LogP contribution in [0.4, 0.5) is 0 Å². The van der Waals surface area contributed by atoms with Gasteiger partial charge >= 0.3 is 5.97 Å². The van der Waals surface area contributed by atoms with E-state index in [-0.39, 0.29) is 0 Å². The van der Waals surface area contributed by atoms with Crippen LogP contribution in [-0.2, 0) is 4.74 Å². The molecule has 0 aliphatic carbocycles. The number of carbonyl (C=O) groups is 1. The molecule has 4 aromatic rings. The number of ether oxygens (including phenoxy) is 1. The Morgan fingerprint density at radius 3 is 1.79 bits per heavy atom. The predicted octanol–water partition coefficient (Wildman–Crippen LogP) is 5.83. The van der Waals surface area contributed by atoms with Gasteiger partial charge in [-0.1, -0.05) is 84.9 Å². The largest absolute Gasteiger partial charge is 0.465 e. The number of carbonyl (C=O) groups excluding carboxylic acids is 1. The summed E-state index contributed by atoms with van der Waals surface area (Å²) in [6.07, 6.45) is 0. The highest BCUT2D eigenvalue weighted by molar-refractivity contribution is 6.16. The highest BCUT2D eigenvalue weighted by Gasteiger charge is 2.25. The minimum Gasteiger partial charge on any atom is -0.465 e. The Labute approximate surface area is 163 Å². The highest BCUT2D eigenvalue weighted by Crippen LogP contribution is 2.42. The smallest absolute Gasteiger partial charge is 0.339 e. The molecule has 0 aliphatic heterocycles. The van der Waals surface area contributed by atoms with Gasteiger partial charge in [-0.3, -0.25) is 0 Å². The third-order valence-electron chi connectivity index (χ3n) is 4.84. The maximum Gasteiger partial charge on any atom is 0.339 e. The van der Waals surface area contributed by atoms with Crippen molar-refractivity contribution >= 4 is 16.7 Å². The molecule has 0 atom stereocenters. The maximum absolute atomic E-state index is 12.9. The van der Waals surface area contributed by atoms with E-state index in [4.69, 9.17) is 4.74 Å². The van der Waals surface area contributed by atoms with Gasteiger partial charge in [0, 0.05) is 16.5 Å². The summed E-state index contributed by atoms with van der Waals surface area (Å²) in [5, 5.41) is 11.5. The summed E-state index contributed by atoms with van der Waals surface area (Å²) >= 11 is 0. The number of nitrogens with zero attached hydrogens (tertiary/aromatic N) is 1. The van der Waals surface area contributed by atoms with Gasteiger partial charge in [-0.15, -0.1) is 0 Å². The molecule has 0 spiro atoms. The van der Waals surface area contributed by atoms with E-state index in [1.54, 1.807) is 0 Å². The summed E-state index contributed by atoms with van der Waals surface area (Å²) in [5.74, 6) is -0.420. The zero-order valence-electron chi connectivity index (χ0n) is 15.3. The molecule has 0 saturated heterocycles. The van der Waals surface area contributed by atoms with Crippen molar-refractivity contribution in [3.05, 3.63) is 96.1 Å². The van der Waals surface area contributed by atoms with Crippen LogP contribution in [0.2, 0.25) is 0 Å². The molecule has 3 heteroatoms. The second kappa shape index (κ2) is 7.38. The molecule has 0 heterocycles. The fourth-order valence-electron chi connectivity index (χ4n) is 3.66. The van der Waals surface area contributed by atoms with E-state index >= 15 is 0 Å². The molecule has 0 bridgehead atoms. The monoisotopic (exact) mass is 363 g/mol. The lowest BCUT2D eigenvalue weighted by molar-refractivity contribution is 0.0604. The summed E-state index contributed by atoms with van der Waals surface area (Å²) < 4.78 is 5.15. The van der Waals surface area contributed by atoms with Crippen molar-refractivity contribution in [2.24, 2.45) is 0 Å². The summed E-state index contributed by atoms with van der Waals surface area (Å²) in [5.41, 5.74) is 4.23. The van der Waals surface area contributed by atoms with Gasteiger partial charge in [0.25, 0.3) is 0 Å². The molecule has 0 N–H and O–H groups in total. The molecule has 134 valence electrons. The van der Waals surface area contributed by atoms with Crippen LogP contribution in [0.1, 0.15) is 15.9 Å². The third kappa shape index (κ3) is 2.82. The number of benzene rings is 4. The van der Waals surface area contributed by atoms with E-state index in [1.165, 1.54) is 7.11 Å². The number of nitriles is 1. The standard InChI is InChI=1S/C25H17NO2/c1-28-25(27)24-20-15-9-8-14-19(20)21(16-26)22(17-10-4-2-5-11-17)23(24)18-12-6-3-7-13-18/h2-15H,1H3. The Kier molecular flexibility index (Phi) is 4.62. The zero-order valence-corrected chi connectivity index (χ0v) is 15.3. The molecule has 0 fully saturated rings. The van der Waals surface area contributed by atoms with Crippen molar-refractivity contribution in [2.75, 3.05) is 7.11 Å². The third-order valence-corrected chi connectivity index (χ3v) is 4.84. The Balaban J connectivity index is 2.29. The first-order chi connectivity index (χ1) is 13.8. The molecular weight excluding hydrogens is 346 g/mol. The van der Waals surface area contributed by atoms with Crippen LogP contribution >= 0.6 is 0 Å². The molecule has 0 unspecified atom stereocenters. The lowest BCUT2D eigenvalue weighted by Crippen LogP contribution is -2.08. The minimum absolute atomic E-state index is 0.420. The second-order valence-corrected chi connectivity index (χ2v) is 6.38. The molecule has 0 aliphatic rings. The number of fused-ring (bicyclic) bond motifs is 1. The van der Waals surface area contributed by atoms with Crippen molar-refractivity contribution in [1.29, 1.82) is 5.26 Å². The number of methoxy groups -OCH3 is 1. The topological polar surface area (TPSA) is 50.1 Å². The van der Waals surface area contributed by atoms with E-state index < -0.39 is 5.97 Å². The van der Waals surface area contributed by atoms with Gasteiger partial charge in [-0.2, -0.15) is 5.26 Å². The van der Waals surface area contributed by atoms with Crippen LogP contribution in [0, 0.1) is 11.3 Å². The van der Waals surface area contributed by atoms with E-state index in [2.05, 4.69) is 6.07 Å². The van der Waals surface area contributed by atoms with Crippen LogP contribution in [-0.4, -0.2) is 13.1 Å². The lowest BCUT2D eigenvalue weighted by Gasteiger charge is -2.19. The van der Waals surface area contributed by atoms with Gasteiger partial charge in [0.15, 0.2) is 0 Å². The van der Waals surface area contributed by atoms with Crippen molar-refractivity contribution < 1.29 is 9.53 Å². The first-order valence-electron chi connectivity index (χ1n) is 8.94. The van der Waals surface area contributed by atoms with Gasteiger partial charge in [0.2, 0.25) is 0 Å². The van der Waals surface area contributed by atoms with E-state index in [0.717, 1.165) is 22.1 Å². The average Bonchev–Trinajstić information content (AvgIpc) is 2.78. The van der Waals surface area contributed by atoms with Gasteiger partial charge < -0.3 is 4.74 Å². The van der Waals surface area contributed by atoms with Gasteiger partial charge in [-0.05, 0) is 16.5 Å². The van der Waals surface area contributed by atoms with Gasteiger partial charge in [0.1, 0.15) is 6.07 Å². The van der Waals surface area contributed by atoms with Crippen LogP contribution in [0.5, 0.6) is 0 Å². The molecule has 0 aromatic heterocycles. The van der Waals surface area contributed by atoms with E-state index in [9.17, 15) is 10.1 Å².